The Kier molecular flexibility index (Phi) is 5.38. The van der Waals surface area contributed by atoms with Gasteiger partial charge < -0.3 is 15.4 Å². The van der Waals surface area contributed by atoms with Crippen LogP contribution in [0.2, 0.25) is 18.1 Å². The second kappa shape index (κ2) is 7.25. The van der Waals surface area contributed by atoms with Crippen LogP contribution >= 0.6 is 0 Å². The predicted molar refractivity (Wildman–Crippen MR) is 113 cm³/mol. The van der Waals surface area contributed by atoms with Crippen LogP contribution in [-0.2, 0) is 25.9 Å². The van der Waals surface area contributed by atoms with E-state index in [9.17, 15) is 9.59 Å². The second-order valence-electron chi connectivity index (χ2n) is 9.54. The summed E-state index contributed by atoms with van der Waals surface area (Å²) in [6, 6.07) is 5.45. The van der Waals surface area contributed by atoms with Gasteiger partial charge >= 0.3 is 0 Å². The summed E-state index contributed by atoms with van der Waals surface area (Å²) in [6.45, 7) is 11.4. The number of fused-ring (bicyclic) bond motifs is 2. The van der Waals surface area contributed by atoms with Gasteiger partial charge in [-0.05, 0) is 42.1 Å². The van der Waals surface area contributed by atoms with Crippen molar-refractivity contribution in [2.24, 2.45) is 10.9 Å². The predicted octanol–water partition coefficient (Wildman–Crippen LogP) is 2.75. The maximum Gasteiger partial charge on any atom is 0.240 e. The Hall–Kier alpha value is -2.19. The average molecular weight is 418 g/mol. The molecule has 1 aromatic rings. The van der Waals surface area contributed by atoms with Crippen molar-refractivity contribution in [3.8, 4) is 0 Å². The van der Waals surface area contributed by atoms with Gasteiger partial charge in [0.05, 0.1) is 18.6 Å². The smallest absolute Gasteiger partial charge is 0.240 e. The van der Waals surface area contributed by atoms with Crippen LogP contribution in [0, 0.1) is 0 Å². The minimum Gasteiger partial charge on any atom is -0.415 e. The van der Waals surface area contributed by atoms with E-state index in [1.807, 2.05) is 6.07 Å². The molecule has 1 aliphatic carbocycles. The zero-order valence-electron chi connectivity index (χ0n) is 17.9. The van der Waals surface area contributed by atoms with Crippen LogP contribution < -0.4 is 5.73 Å². The molecule has 0 aromatic heterocycles. The number of nitrogens with two attached hydrogens (primary N) is 1. The van der Waals surface area contributed by atoms with Gasteiger partial charge in [0.25, 0.3) is 0 Å². The number of carbonyl (C=O) groups is 2. The summed E-state index contributed by atoms with van der Waals surface area (Å²) in [5, 5.41) is 12.2. The molecule has 1 atom stereocenters. The normalized spacial score (nSPS) is 22.7. The first kappa shape index (κ1) is 21.5. The Balaban J connectivity index is 1.81. The maximum atomic E-state index is 13.4. The molecule has 2 amide bonds. The Morgan fingerprint density at radius 1 is 1.34 bits per heavy atom. The lowest BCUT2D eigenvalue weighted by Gasteiger charge is -2.36. The third kappa shape index (κ3) is 3.48. The summed E-state index contributed by atoms with van der Waals surface area (Å²) in [7, 11) is -1.94. The Bertz CT molecular complexity index is 875. The summed E-state index contributed by atoms with van der Waals surface area (Å²) in [5.74, 6) is -0.289. The molecule has 29 heavy (non-hydrogen) atoms. The molecule has 3 N–H and O–H groups in total. The number of amides is 2. The van der Waals surface area contributed by atoms with Gasteiger partial charge in [0.2, 0.25) is 11.8 Å². The van der Waals surface area contributed by atoms with E-state index in [2.05, 4.69) is 39.0 Å². The van der Waals surface area contributed by atoms with Gasteiger partial charge in [-0.25, -0.2) is 0 Å². The fourth-order valence-corrected chi connectivity index (χ4v) is 5.15. The van der Waals surface area contributed by atoms with E-state index in [1.54, 1.807) is 12.1 Å². The number of nitrogens with zero attached hydrogens (tertiary/aromatic N) is 2. The first-order valence-corrected chi connectivity index (χ1v) is 12.9. The highest BCUT2D eigenvalue weighted by molar-refractivity contribution is 6.74. The number of amidine groups is 1. The topological polar surface area (TPSA) is 105 Å². The van der Waals surface area contributed by atoms with Crippen molar-refractivity contribution < 1.29 is 19.2 Å². The monoisotopic (exact) mass is 417 g/mol. The molecule has 1 heterocycles. The van der Waals surface area contributed by atoms with E-state index in [4.69, 9.17) is 15.4 Å². The standard InChI is InChI=1S/C21H31N3O4Si/c1-20(2,3)29(4,5)28-12-11-24-17(25)13-21(19(24)26)10-9-14-15(18(22)23-27)7-6-8-16(14)21/h6-8,27H,9-13H2,1-5H3,(H2,22,23). The lowest BCUT2D eigenvalue weighted by atomic mass is 9.80. The number of imide groups is 1. The van der Waals surface area contributed by atoms with E-state index >= 15 is 0 Å². The second-order valence-corrected chi connectivity index (χ2v) is 14.3. The Morgan fingerprint density at radius 3 is 2.66 bits per heavy atom. The van der Waals surface area contributed by atoms with E-state index < -0.39 is 13.7 Å². The Morgan fingerprint density at radius 2 is 2.03 bits per heavy atom. The highest BCUT2D eigenvalue weighted by atomic mass is 28.4. The van der Waals surface area contributed by atoms with E-state index in [-0.39, 0.29) is 35.7 Å². The van der Waals surface area contributed by atoms with Crippen molar-refractivity contribution in [2.45, 2.75) is 63.6 Å². The van der Waals surface area contributed by atoms with Crippen molar-refractivity contribution in [3.05, 3.63) is 34.9 Å². The van der Waals surface area contributed by atoms with Crippen LogP contribution in [0.15, 0.2) is 23.4 Å². The third-order valence-corrected chi connectivity index (χ3v) is 11.4. The molecule has 1 spiro atoms. The van der Waals surface area contributed by atoms with Crippen molar-refractivity contribution in [1.29, 1.82) is 0 Å². The number of likely N-dealkylation sites (tertiary alicyclic amines) is 1. The zero-order valence-corrected chi connectivity index (χ0v) is 18.9. The molecule has 1 saturated heterocycles. The minimum absolute atomic E-state index is 0.0234. The number of hydrogen-bond acceptors (Lipinski definition) is 5. The lowest BCUT2D eigenvalue weighted by molar-refractivity contribution is -0.140. The van der Waals surface area contributed by atoms with Crippen molar-refractivity contribution in [2.75, 3.05) is 13.2 Å². The van der Waals surface area contributed by atoms with Crippen molar-refractivity contribution in [3.63, 3.8) is 0 Å². The summed E-state index contributed by atoms with van der Waals surface area (Å²) in [6.07, 6.45) is 1.34. The molecule has 1 unspecified atom stereocenters. The molecule has 0 saturated carbocycles. The van der Waals surface area contributed by atoms with E-state index in [0.29, 0.717) is 25.0 Å². The molecule has 1 fully saturated rings. The molecule has 1 aromatic carbocycles. The quantitative estimate of drug-likeness (QED) is 0.191. The van der Waals surface area contributed by atoms with Crippen LogP contribution in [-0.4, -0.2) is 49.2 Å². The van der Waals surface area contributed by atoms with Gasteiger partial charge in [-0.3, -0.25) is 14.5 Å². The third-order valence-electron chi connectivity index (χ3n) is 6.87. The number of hydrogen-bond donors (Lipinski definition) is 2. The van der Waals surface area contributed by atoms with Crippen LogP contribution in [0.25, 0.3) is 0 Å². The molecule has 7 nitrogen and oxygen atoms in total. The zero-order chi connectivity index (χ0) is 21.6. The summed E-state index contributed by atoms with van der Waals surface area (Å²) in [5.41, 5.74) is 7.32. The molecular formula is C21H31N3O4Si. The molecule has 158 valence electrons. The van der Waals surface area contributed by atoms with Crippen LogP contribution in [0.4, 0.5) is 0 Å². The Labute approximate surface area is 173 Å². The lowest BCUT2D eigenvalue weighted by Crippen LogP contribution is -2.44. The first-order valence-electron chi connectivity index (χ1n) is 10.0. The van der Waals surface area contributed by atoms with Gasteiger partial charge in [0, 0.05) is 12.0 Å². The molecule has 8 heteroatoms. The van der Waals surface area contributed by atoms with Gasteiger partial charge in [-0.2, -0.15) is 0 Å². The number of oxime groups is 1. The molecule has 1 aliphatic heterocycles. The summed E-state index contributed by atoms with van der Waals surface area (Å²) < 4.78 is 6.17. The molecule has 0 bridgehead atoms. The fraction of sp³-hybridized carbons (Fsp3) is 0.571. The highest BCUT2D eigenvalue weighted by Gasteiger charge is 2.55. The number of benzene rings is 1. The van der Waals surface area contributed by atoms with E-state index in [1.165, 1.54) is 4.90 Å². The van der Waals surface area contributed by atoms with Crippen LogP contribution in [0.1, 0.15) is 50.3 Å². The summed E-state index contributed by atoms with van der Waals surface area (Å²) in [4.78, 5) is 27.5. The molecular weight excluding hydrogens is 386 g/mol. The largest absolute Gasteiger partial charge is 0.415 e. The van der Waals surface area contributed by atoms with Crippen LogP contribution in [0.5, 0.6) is 0 Å². The number of carbonyl (C=O) groups excluding carboxylic acids is 2. The maximum absolute atomic E-state index is 13.4. The summed E-state index contributed by atoms with van der Waals surface area (Å²) >= 11 is 0. The van der Waals surface area contributed by atoms with Gasteiger partial charge in [-0.15, -0.1) is 0 Å². The van der Waals surface area contributed by atoms with Crippen LogP contribution in [0.3, 0.4) is 0 Å². The number of rotatable bonds is 5. The SMILES string of the molecule is CC(C)(C)[Si](C)(C)OCCN1C(=O)CC2(CCc3c(/C(N)=N/O)cccc32)C1=O. The van der Waals surface area contributed by atoms with Crippen molar-refractivity contribution >= 4 is 26.0 Å². The van der Waals surface area contributed by atoms with Gasteiger partial charge in [0.15, 0.2) is 14.2 Å². The first-order chi connectivity index (χ1) is 13.4. The fourth-order valence-electron chi connectivity index (χ4n) is 4.11. The minimum atomic E-state index is -1.94. The highest BCUT2D eigenvalue weighted by Crippen LogP contribution is 2.47. The molecule has 2 aliphatic rings. The van der Waals surface area contributed by atoms with Gasteiger partial charge in [0.1, 0.15) is 0 Å². The van der Waals surface area contributed by atoms with Gasteiger partial charge in [-0.1, -0.05) is 44.1 Å². The average Bonchev–Trinajstić information content (AvgIpc) is 3.13. The van der Waals surface area contributed by atoms with Crippen molar-refractivity contribution in [1.82, 2.24) is 4.90 Å². The molecule has 3 rings (SSSR count). The van der Waals surface area contributed by atoms with E-state index in [0.717, 1.165) is 11.1 Å². The molecule has 0 radical (unpaired) electrons.